The fourth-order valence-corrected chi connectivity index (χ4v) is 18.1. The fourth-order valence-electron chi connectivity index (χ4n) is 16.7. The van der Waals surface area contributed by atoms with Gasteiger partial charge < -0.3 is 116 Å². The summed E-state index contributed by atoms with van der Waals surface area (Å²) in [6.07, 6.45) is 8.29. The maximum absolute atomic E-state index is 15.5. The van der Waals surface area contributed by atoms with Gasteiger partial charge in [-0.05, 0) is 94.2 Å². The van der Waals surface area contributed by atoms with Gasteiger partial charge in [-0.3, -0.25) is 96.5 Å². The van der Waals surface area contributed by atoms with Gasteiger partial charge in [0.25, 0.3) is 0 Å². The van der Waals surface area contributed by atoms with Crippen LogP contribution in [0, 0.1) is 5.41 Å². The van der Waals surface area contributed by atoms with Gasteiger partial charge >= 0.3 is 17.9 Å². The second-order valence-electron chi connectivity index (χ2n) is 36.4. The molecule has 4 heterocycles. The van der Waals surface area contributed by atoms with E-state index in [0.29, 0.717) is 34.9 Å². The van der Waals surface area contributed by atoms with Crippen LogP contribution in [0.2, 0.25) is 0 Å². The third-order valence-corrected chi connectivity index (χ3v) is 26.3. The Balaban J connectivity index is 1.23. The number of imidazole rings is 1. The smallest absolute Gasteiger partial charge is 0.303 e. The number of hydrogen-bond acceptors (Lipinski definition) is 24. The van der Waals surface area contributed by atoms with Crippen molar-refractivity contribution in [3.05, 3.63) is 90.1 Å². The Morgan fingerprint density at radius 3 is 1.60 bits per heavy atom. The van der Waals surface area contributed by atoms with Crippen LogP contribution in [0.3, 0.4) is 0 Å². The van der Waals surface area contributed by atoms with Gasteiger partial charge in [0.15, 0.2) is 15.8 Å². The minimum absolute atomic E-state index is 0.0258. The molecule has 2 aromatic carbocycles. The lowest BCUT2D eigenvalue weighted by atomic mass is 9.99. The number of aliphatic hydroxyl groups is 1. The molecular weight excluding hydrogens is 1870 g/mol. The van der Waals surface area contributed by atoms with Gasteiger partial charge in [0.1, 0.15) is 89.8 Å². The average molecular weight is 2010 g/mol. The summed E-state index contributed by atoms with van der Waals surface area (Å²) in [7, 11) is -4.01. The largest absolute Gasteiger partial charge is 0.481 e. The number of nitrogens with two attached hydrogens (primary N) is 3. The molecule has 0 unspecified atom stereocenters. The van der Waals surface area contributed by atoms with Crippen LogP contribution >= 0.6 is 0 Å². The van der Waals surface area contributed by atoms with Crippen molar-refractivity contribution in [3.63, 3.8) is 0 Å². The van der Waals surface area contributed by atoms with E-state index in [4.69, 9.17) is 22.6 Å². The normalized spacial score (nSPS) is 18.8. The van der Waals surface area contributed by atoms with Crippen LogP contribution in [0.25, 0.3) is 10.9 Å². The van der Waals surface area contributed by atoms with E-state index in [0.717, 1.165) is 37.0 Å². The number of Topliss-reactive ketones (excluding diaryl/α,β-unsaturated/α-hetero) is 2. The van der Waals surface area contributed by atoms with Gasteiger partial charge in [-0.25, -0.2) is 13.4 Å². The second kappa shape index (κ2) is 62.8. The lowest BCUT2D eigenvalue weighted by Gasteiger charge is -2.31. The zero-order valence-electron chi connectivity index (χ0n) is 80.9. The molecular formula is C96H144N20O25S. The van der Waals surface area contributed by atoms with Crippen molar-refractivity contribution in [2.45, 2.75) is 349 Å². The Morgan fingerprint density at radius 2 is 1.04 bits per heavy atom. The van der Waals surface area contributed by atoms with E-state index in [-0.39, 0.29) is 95.7 Å². The maximum Gasteiger partial charge on any atom is 0.303 e. The zero-order chi connectivity index (χ0) is 104. The number of carbonyl (C=O) groups excluding carboxylic acids is 16. The van der Waals surface area contributed by atoms with Gasteiger partial charge in [0, 0.05) is 113 Å². The Labute approximate surface area is 825 Å². The number of H-pyrrole nitrogens is 2. The molecule has 2 saturated heterocycles. The number of sulfone groups is 1. The molecule has 0 bridgehead atoms. The fraction of sp³-hybridized carbons (Fsp3) is 0.615. The average Bonchev–Trinajstić information content (AvgIpc) is 1.66. The topological polar surface area (TPSA) is 733 Å². The number of fused-ring (bicyclic) bond motifs is 2. The molecule has 46 heteroatoms. The first-order valence-corrected chi connectivity index (χ1v) is 51.0. The molecule has 0 saturated carbocycles. The lowest BCUT2D eigenvalue weighted by Crippen LogP contribution is -2.61. The van der Waals surface area contributed by atoms with Crippen molar-refractivity contribution in [1.29, 1.82) is 5.41 Å². The second-order valence-corrected chi connectivity index (χ2v) is 38.6. The summed E-state index contributed by atoms with van der Waals surface area (Å²) in [5.41, 5.74) is 18.8. The number of nitrogens with one attached hydrogen (secondary N) is 15. The number of nitrogens with zero attached hydrogens (tertiary/aromatic N) is 2. The summed E-state index contributed by atoms with van der Waals surface area (Å²) < 4.78 is 26.1. The van der Waals surface area contributed by atoms with Crippen LogP contribution in [-0.4, -0.2) is 270 Å². The van der Waals surface area contributed by atoms with Crippen molar-refractivity contribution in [2.24, 2.45) is 17.2 Å². The number of primary amides is 2. The molecule has 45 nitrogen and oxygen atoms in total. The number of carbonyl (C=O) groups is 19. The lowest BCUT2D eigenvalue weighted by molar-refractivity contribution is -0.143. The standard InChI is InChI=1S/C96H144N20O25S/c1-3-5-7-8-9-10-11-12-13-14-15-16-21-31-63(118)57-142(140,141)49-27-37-80(121)105-70(41-45-81(122)123)87(131)110-72(42-46-82(124)125)89(133)109-71(40-44-79(97)120)90(134)114-77(52-61-55-101-58-104-61)93(137)111-73(43-47-83(126)127)88(132)107-68(33-6-4-2)85(129)112-74-39-38-62(117)30-22-18-23-35-67(84(98)128)106-92(136)76(51-60-54-103-66-34-25-24-32-65(60)66)113-86(130)69(36-26-48-102-96(99)100)108-91(135)75(50-59-28-19-17-20-29-59)115-94(138)78-53-64(119)56-116(78)95(74)139/h17,19-20,24-25,28-29,32,34,54-55,58,64,67-78,103,119H,3-16,18,21-23,26-27,30-31,33,35-53,56-57H2,1-2H3,(H2,97,120)(H2,98,128)(H,101,104)(H,105,121)(H,106,136)(H,107,132)(H,108,135)(H,109,133)(H,110,131)(H,111,137)(H,112,129)(H,113,130)(H,114,134)(H,115,138)(H,122,123)(H,124,125)(H,126,127)(H4,99,100,102)/t64-,67+,68+,69+,70+,71+,72+,73+,74+,75-,76+,77+,78+/m1/s1. The molecule has 0 spiro atoms. The molecule has 2 fully saturated rings. The molecule has 142 heavy (non-hydrogen) atoms. The van der Waals surface area contributed by atoms with E-state index in [1.165, 1.54) is 57.5 Å². The highest BCUT2D eigenvalue weighted by Gasteiger charge is 2.45. The number of para-hydroxylation sites is 1. The van der Waals surface area contributed by atoms with Crippen molar-refractivity contribution < 1.29 is 120 Å². The van der Waals surface area contributed by atoms with E-state index in [1.807, 2.05) is 0 Å². The van der Waals surface area contributed by atoms with Crippen molar-refractivity contribution in [2.75, 3.05) is 24.6 Å². The Hall–Kier alpha value is -13.3. The number of carboxylic acids is 3. The molecule has 2 aliphatic rings. The number of benzene rings is 2. The Bertz CT molecular complexity index is 5000. The quantitative estimate of drug-likeness (QED) is 0.0169. The SMILES string of the molecule is CCCCCCCCCCCCCCCC(=O)CS(=O)(=O)CCCC(=O)N[C@@H](CCC(=O)O)C(=O)N[C@@H](CCC(=O)O)C(=O)N[C@@H](CCC(N)=O)C(=O)N[C@@H](Cc1c[nH]cn1)C(=O)N[C@@H](CCC(=O)O)C(=O)N[C@@H](CCCC)C(=O)N[C@H]1CCC(=O)CCCCC[C@@H](C(N)=O)NC(=O)[C@H](Cc2c[nH]c3ccccc23)NC(=O)[C@H](CCCNC(=N)N)NC(=O)[C@@H](Cc2ccccc2)NC(=O)[C@@H]2C[C@@H](O)CN2C1=O. The number of aromatic nitrogens is 3. The number of guanidine groups is 1. The number of unbranched alkanes of at least 4 members (excludes halogenated alkanes) is 13. The highest BCUT2D eigenvalue weighted by Crippen LogP contribution is 2.25. The number of aromatic amines is 2. The molecule has 2 aliphatic heterocycles. The highest BCUT2D eigenvalue weighted by molar-refractivity contribution is 7.92. The molecule has 784 valence electrons. The molecule has 4 aromatic rings. The van der Waals surface area contributed by atoms with Crippen LogP contribution in [0.15, 0.2) is 73.3 Å². The number of ketones is 2. The van der Waals surface area contributed by atoms with Gasteiger partial charge in [0.05, 0.1) is 23.9 Å². The summed E-state index contributed by atoms with van der Waals surface area (Å²) >= 11 is 0. The van der Waals surface area contributed by atoms with E-state index in [2.05, 4.69) is 85.7 Å². The summed E-state index contributed by atoms with van der Waals surface area (Å²) in [5.74, 6) is -22.2. The zero-order valence-corrected chi connectivity index (χ0v) is 81.8. The van der Waals surface area contributed by atoms with E-state index < -0.39 is 308 Å². The minimum Gasteiger partial charge on any atom is -0.481 e. The number of amides is 14. The Kier molecular flexibility index (Phi) is 51.9. The molecule has 0 aliphatic carbocycles. The molecule has 25 N–H and O–H groups in total. The summed E-state index contributed by atoms with van der Waals surface area (Å²) in [4.78, 5) is 277. The van der Waals surface area contributed by atoms with E-state index in [9.17, 15) is 101 Å². The number of carboxylic acid groups (broad SMARTS) is 3. The third-order valence-electron chi connectivity index (χ3n) is 24.6. The highest BCUT2D eigenvalue weighted by atomic mass is 32.2. The summed E-state index contributed by atoms with van der Waals surface area (Å²) in [6, 6.07) is -4.86. The number of hydrogen-bond donors (Lipinski definition) is 22. The number of aliphatic hydroxyl groups excluding tert-OH is 1. The molecule has 2 aromatic heterocycles. The van der Waals surface area contributed by atoms with Gasteiger partial charge in [-0.15, -0.1) is 0 Å². The summed E-state index contributed by atoms with van der Waals surface area (Å²) in [5, 5.41) is 79.8. The van der Waals surface area contributed by atoms with Crippen molar-refractivity contribution in [3.8, 4) is 0 Å². The monoisotopic (exact) mass is 2010 g/mol. The number of rotatable bonds is 59. The van der Waals surface area contributed by atoms with Crippen LogP contribution < -0.4 is 81.0 Å². The third kappa shape index (κ3) is 44.2. The first-order valence-electron chi connectivity index (χ1n) is 49.2. The number of aliphatic carboxylic acids is 3. The molecule has 14 amide bonds. The van der Waals surface area contributed by atoms with Crippen LogP contribution in [0.4, 0.5) is 0 Å². The maximum atomic E-state index is 15.5. The van der Waals surface area contributed by atoms with Crippen molar-refractivity contribution >= 4 is 139 Å². The predicted molar refractivity (Wildman–Crippen MR) is 519 cm³/mol. The molecule has 6 rings (SSSR count). The Morgan fingerprint density at radius 1 is 0.521 bits per heavy atom. The van der Waals surface area contributed by atoms with Crippen LogP contribution in [-0.2, 0) is 120 Å². The molecule has 13 atom stereocenters. The first kappa shape index (κ1) is 117. The predicted octanol–water partition coefficient (Wildman–Crippen LogP) is 1.57. The molecule has 0 radical (unpaired) electrons. The van der Waals surface area contributed by atoms with E-state index >= 15 is 19.2 Å². The van der Waals surface area contributed by atoms with Crippen LogP contribution in [0.1, 0.15) is 268 Å². The van der Waals surface area contributed by atoms with Gasteiger partial charge in [0.2, 0.25) is 82.7 Å². The van der Waals surface area contributed by atoms with Crippen LogP contribution in [0.5, 0.6) is 0 Å². The first-order chi connectivity index (χ1) is 67.7. The van der Waals surface area contributed by atoms with E-state index in [1.54, 1.807) is 67.7 Å². The van der Waals surface area contributed by atoms with Crippen molar-refractivity contribution in [1.82, 2.24) is 83.7 Å². The summed E-state index contributed by atoms with van der Waals surface area (Å²) in [6.45, 7) is 3.37. The van der Waals surface area contributed by atoms with Gasteiger partial charge in [-0.2, -0.15) is 0 Å². The minimum atomic E-state index is -4.01. The van der Waals surface area contributed by atoms with Gasteiger partial charge in [-0.1, -0.05) is 165 Å².